The Morgan fingerprint density at radius 3 is 1.85 bits per heavy atom. The van der Waals surface area contributed by atoms with Crippen LogP contribution in [-0.2, 0) is 4.74 Å². The molecule has 0 saturated carbocycles. The molecule has 1 atom stereocenters. The van der Waals surface area contributed by atoms with Crippen LogP contribution in [0.3, 0.4) is 0 Å². The third-order valence-corrected chi connectivity index (χ3v) is 2.99. The number of hydrogen-bond donors (Lipinski definition) is 1. The van der Waals surface area contributed by atoms with E-state index in [0.29, 0.717) is 5.56 Å². The second kappa shape index (κ2) is 6.71. The van der Waals surface area contributed by atoms with Gasteiger partial charge in [-0.25, -0.2) is 0 Å². The number of hydrogen-bond acceptors (Lipinski definition) is 2. The molecule has 8 heteroatoms. The van der Waals surface area contributed by atoms with Crippen LogP contribution in [0.5, 0.6) is 0 Å². The van der Waals surface area contributed by atoms with Crippen LogP contribution in [0.4, 0.5) is 26.3 Å². The Hall–Kier alpha value is -0.890. The first kappa shape index (κ1) is 17.2. The van der Waals surface area contributed by atoms with Crippen LogP contribution in [0.15, 0.2) is 30.3 Å². The molecule has 0 aliphatic rings. The van der Waals surface area contributed by atoms with Crippen LogP contribution in [0.1, 0.15) is 11.5 Å². The predicted molar refractivity (Wildman–Crippen MR) is 64.9 cm³/mol. The van der Waals surface area contributed by atoms with Crippen molar-refractivity contribution in [2.24, 2.45) is 0 Å². The summed E-state index contributed by atoms with van der Waals surface area (Å²) in [6.45, 7) is -0.711. The first-order valence-corrected chi connectivity index (χ1v) is 6.20. The standard InChI is InChI=1S/C12H12F6OS/c13-11(14,15)10(12(16,17)18)19-6-9(7-20)8-4-2-1-3-5-8/h1-5,9-10,20H,6-7H2. The molecule has 20 heavy (non-hydrogen) atoms. The molecule has 0 aliphatic heterocycles. The van der Waals surface area contributed by atoms with E-state index in [9.17, 15) is 26.3 Å². The van der Waals surface area contributed by atoms with Crippen LogP contribution in [0.25, 0.3) is 0 Å². The molecule has 0 heterocycles. The van der Waals surface area contributed by atoms with Gasteiger partial charge in [0.05, 0.1) is 6.61 Å². The van der Waals surface area contributed by atoms with Crippen molar-refractivity contribution in [1.82, 2.24) is 0 Å². The quantitative estimate of drug-likeness (QED) is 0.632. The lowest BCUT2D eigenvalue weighted by Gasteiger charge is -2.25. The summed E-state index contributed by atoms with van der Waals surface area (Å²) in [5, 5.41) is 0. The molecular formula is C12H12F6OS. The summed E-state index contributed by atoms with van der Waals surface area (Å²) in [6, 6.07) is 8.16. The van der Waals surface area contributed by atoms with Crippen molar-refractivity contribution in [3.05, 3.63) is 35.9 Å². The van der Waals surface area contributed by atoms with E-state index < -0.39 is 31.0 Å². The van der Waals surface area contributed by atoms with Crippen molar-refractivity contribution >= 4 is 12.6 Å². The van der Waals surface area contributed by atoms with Crippen molar-refractivity contribution in [3.8, 4) is 0 Å². The summed E-state index contributed by atoms with van der Waals surface area (Å²) in [5.41, 5.74) is 0.575. The molecule has 0 spiro atoms. The molecule has 1 rings (SSSR count). The summed E-state index contributed by atoms with van der Waals surface area (Å²) >= 11 is 3.93. The monoisotopic (exact) mass is 318 g/mol. The highest BCUT2D eigenvalue weighted by Crippen LogP contribution is 2.36. The van der Waals surface area contributed by atoms with E-state index in [1.54, 1.807) is 30.3 Å². The fourth-order valence-corrected chi connectivity index (χ4v) is 1.88. The third-order valence-electron chi connectivity index (χ3n) is 2.55. The molecule has 0 amide bonds. The van der Waals surface area contributed by atoms with Crippen LogP contribution in [0.2, 0.25) is 0 Å². The molecule has 1 aromatic carbocycles. The molecule has 1 aromatic rings. The molecule has 0 fully saturated rings. The van der Waals surface area contributed by atoms with Crippen LogP contribution in [-0.4, -0.2) is 30.8 Å². The molecule has 0 N–H and O–H groups in total. The topological polar surface area (TPSA) is 9.23 Å². The second-order valence-corrected chi connectivity index (χ2v) is 4.45. The third kappa shape index (κ3) is 4.90. The number of thiol groups is 1. The fraction of sp³-hybridized carbons (Fsp3) is 0.500. The van der Waals surface area contributed by atoms with Gasteiger partial charge >= 0.3 is 12.4 Å². The van der Waals surface area contributed by atoms with Gasteiger partial charge in [-0.15, -0.1) is 0 Å². The summed E-state index contributed by atoms with van der Waals surface area (Å²) in [5.74, 6) is -0.571. The van der Waals surface area contributed by atoms with E-state index in [1.165, 1.54) is 0 Å². The number of benzene rings is 1. The van der Waals surface area contributed by atoms with Gasteiger partial charge in [0.1, 0.15) is 0 Å². The van der Waals surface area contributed by atoms with Crippen LogP contribution >= 0.6 is 12.6 Å². The Bertz CT molecular complexity index is 389. The Morgan fingerprint density at radius 1 is 0.950 bits per heavy atom. The van der Waals surface area contributed by atoms with E-state index in [4.69, 9.17) is 0 Å². The van der Waals surface area contributed by atoms with Crippen molar-refractivity contribution in [1.29, 1.82) is 0 Å². The maximum Gasteiger partial charge on any atom is 0.423 e. The van der Waals surface area contributed by atoms with Crippen molar-refractivity contribution in [3.63, 3.8) is 0 Å². The number of halogens is 6. The minimum Gasteiger partial charge on any atom is -0.360 e. The molecule has 0 saturated heterocycles. The van der Waals surface area contributed by atoms with Gasteiger partial charge < -0.3 is 4.74 Å². The molecule has 0 aliphatic carbocycles. The molecule has 0 aromatic heterocycles. The van der Waals surface area contributed by atoms with Gasteiger partial charge in [-0.05, 0) is 11.3 Å². The molecule has 0 radical (unpaired) electrons. The van der Waals surface area contributed by atoms with Gasteiger partial charge in [0, 0.05) is 5.92 Å². The van der Waals surface area contributed by atoms with Crippen LogP contribution < -0.4 is 0 Å². The summed E-state index contributed by atoms with van der Waals surface area (Å²) in [4.78, 5) is 0. The van der Waals surface area contributed by atoms with Crippen molar-refractivity contribution in [2.75, 3.05) is 12.4 Å². The van der Waals surface area contributed by atoms with E-state index in [-0.39, 0.29) is 5.75 Å². The van der Waals surface area contributed by atoms with E-state index >= 15 is 0 Å². The number of alkyl halides is 6. The highest BCUT2D eigenvalue weighted by atomic mass is 32.1. The summed E-state index contributed by atoms with van der Waals surface area (Å²) < 4.78 is 77.9. The Morgan fingerprint density at radius 2 is 1.45 bits per heavy atom. The minimum atomic E-state index is -5.49. The van der Waals surface area contributed by atoms with Gasteiger partial charge in [-0.3, -0.25) is 0 Å². The Labute approximate surface area is 117 Å². The van der Waals surface area contributed by atoms with Crippen molar-refractivity contribution < 1.29 is 31.1 Å². The van der Waals surface area contributed by atoms with Gasteiger partial charge in [0.25, 0.3) is 0 Å². The lowest BCUT2D eigenvalue weighted by Crippen LogP contribution is -2.45. The zero-order valence-electron chi connectivity index (χ0n) is 10.1. The van der Waals surface area contributed by atoms with Gasteiger partial charge in [-0.2, -0.15) is 39.0 Å². The largest absolute Gasteiger partial charge is 0.423 e. The number of ether oxygens (including phenoxy) is 1. The first-order valence-electron chi connectivity index (χ1n) is 5.57. The zero-order chi connectivity index (χ0) is 15.4. The smallest absolute Gasteiger partial charge is 0.360 e. The van der Waals surface area contributed by atoms with E-state index in [2.05, 4.69) is 17.4 Å². The maximum absolute atomic E-state index is 12.3. The highest BCUT2D eigenvalue weighted by Gasteiger charge is 2.58. The minimum absolute atomic E-state index is 0.0758. The van der Waals surface area contributed by atoms with Crippen molar-refractivity contribution in [2.45, 2.75) is 24.4 Å². The maximum atomic E-state index is 12.3. The van der Waals surface area contributed by atoms with Gasteiger partial charge in [-0.1, -0.05) is 30.3 Å². The number of rotatable bonds is 5. The Balaban J connectivity index is 2.76. The van der Waals surface area contributed by atoms with Crippen LogP contribution in [0, 0.1) is 0 Å². The van der Waals surface area contributed by atoms with Gasteiger partial charge in [0.2, 0.25) is 6.10 Å². The molecule has 1 nitrogen and oxygen atoms in total. The fourth-order valence-electron chi connectivity index (χ4n) is 1.57. The lowest BCUT2D eigenvalue weighted by molar-refractivity contribution is -0.322. The predicted octanol–water partition coefficient (Wildman–Crippen LogP) is 4.21. The second-order valence-electron chi connectivity index (χ2n) is 4.09. The SMILES string of the molecule is FC(F)(F)C(OCC(CS)c1ccccc1)C(F)(F)F. The molecule has 114 valence electrons. The average Bonchev–Trinajstić information content (AvgIpc) is 2.32. The lowest BCUT2D eigenvalue weighted by atomic mass is 10.0. The summed E-state index contributed by atoms with van der Waals surface area (Å²) in [7, 11) is 0. The normalized spacial score (nSPS) is 14.6. The highest BCUT2D eigenvalue weighted by molar-refractivity contribution is 7.80. The Kier molecular flexibility index (Phi) is 5.76. The molecule has 0 bridgehead atoms. The molecule has 1 unspecified atom stereocenters. The summed E-state index contributed by atoms with van der Waals surface area (Å²) in [6.07, 6.45) is -14.8. The first-order chi connectivity index (χ1) is 9.16. The van der Waals surface area contributed by atoms with E-state index in [1.807, 2.05) is 0 Å². The van der Waals surface area contributed by atoms with E-state index in [0.717, 1.165) is 0 Å². The van der Waals surface area contributed by atoms with Gasteiger partial charge in [0.15, 0.2) is 0 Å². The zero-order valence-corrected chi connectivity index (χ0v) is 11.0. The average molecular weight is 318 g/mol. The molecular weight excluding hydrogens is 306 g/mol.